The molecule has 0 aliphatic heterocycles. The molecule has 176 valence electrons. The highest BCUT2D eigenvalue weighted by Gasteiger charge is 2.25. The number of aromatic amines is 1. The lowest BCUT2D eigenvalue weighted by Gasteiger charge is -2.24. The molecule has 0 bridgehead atoms. The van der Waals surface area contributed by atoms with Gasteiger partial charge in [0.15, 0.2) is 11.5 Å². The fourth-order valence-corrected chi connectivity index (χ4v) is 5.02. The maximum Gasteiger partial charge on any atom is 0.228 e. The Morgan fingerprint density at radius 2 is 1.97 bits per heavy atom. The van der Waals surface area contributed by atoms with E-state index < -0.39 is 5.82 Å². The predicted molar refractivity (Wildman–Crippen MR) is 132 cm³/mol. The Kier molecular flexibility index (Phi) is 4.76. The van der Waals surface area contributed by atoms with E-state index in [1.807, 2.05) is 6.20 Å². The summed E-state index contributed by atoms with van der Waals surface area (Å²) in [6.45, 7) is 0.688. The topological polar surface area (TPSA) is 95.8 Å². The number of nitrogens with one attached hydrogen (secondary N) is 3. The number of fused-ring (bicyclic) bond motifs is 4. The van der Waals surface area contributed by atoms with Gasteiger partial charge in [0.2, 0.25) is 5.95 Å². The van der Waals surface area contributed by atoms with Crippen LogP contribution in [0.25, 0.3) is 27.9 Å². The van der Waals surface area contributed by atoms with Crippen molar-refractivity contribution >= 4 is 22.5 Å². The fourth-order valence-electron chi connectivity index (χ4n) is 5.02. The Bertz CT molecular complexity index is 1550. The van der Waals surface area contributed by atoms with Crippen molar-refractivity contribution in [2.45, 2.75) is 50.7 Å². The van der Waals surface area contributed by atoms with Crippen LogP contribution in [-0.2, 0) is 19.4 Å². The van der Waals surface area contributed by atoms with E-state index in [0.717, 1.165) is 30.5 Å². The van der Waals surface area contributed by atoms with E-state index in [1.54, 1.807) is 10.7 Å². The summed E-state index contributed by atoms with van der Waals surface area (Å²) in [7, 11) is 0. The Balaban J connectivity index is 1.26. The molecule has 1 atom stereocenters. The molecule has 1 saturated carbocycles. The molecule has 0 spiro atoms. The molecule has 3 N–H and O–H groups in total. The highest BCUT2D eigenvalue weighted by molar-refractivity contribution is 5.85. The van der Waals surface area contributed by atoms with Gasteiger partial charge in [-0.1, -0.05) is 18.2 Å². The van der Waals surface area contributed by atoms with Gasteiger partial charge in [-0.2, -0.15) is 14.6 Å². The maximum absolute atomic E-state index is 13.9. The summed E-state index contributed by atoms with van der Waals surface area (Å²) in [5, 5.41) is 13.1. The van der Waals surface area contributed by atoms with Gasteiger partial charge in [-0.05, 0) is 49.8 Å². The zero-order chi connectivity index (χ0) is 23.4. The lowest BCUT2D eigenvalue weighted by Crippen LogP contribution is -2.29. The lowest BCUT2D eigenvalue weighted by molar-refractivity contribution is 0.599. The molecular formula is C26H25FN8. The largest absolute Gasteiger partial charge is 0.358 e. The van der Waals surface area contributed by atoms with Crippen molar-refractivity contribution in [2.75, 3.05) is 5.32 Å². The summed E-state index contributed by atoms with van der Waals surface area (Å²) >= 11 is 0. The van der Waals surface area contributed by atoms with Crippen LogP contribution in [0.4, 0.5) is 10.3 Å². The summed E-state index contributed by atoms with van der Waals surface area (Å²) in [4.78, 5) is 17.1. The number of hydrogen-bond donors (Lipinski definition) is 3. The van der Waals surface area contributed by atoms with Gasteiger partial charge in [0.05, 0.1) is 12.4 Å². The standard InChI is InChI=1S/C26H25FN8/c27-17-9-15(11-28-14-17)24-33-25-16(12-29-18-5-6-18)13-30-35(25)26(34-24)31-19-7-8-23-21(10-19)20-3-1-2-4-22(20)32-23/h1-4,9,11,13-14,18-19,29,32H,5-8,10,12H2,(H,31,33,34). The van der Waals surface area contributed by atoms with Crippen LogP contribution in [0.2, 0.25) is 0 Å². The first kappa shape index (κ1) is 20.5. The van der Waals surface area contributed by atoms with Crippen LogP contribution in [-0.4, -0.2) is 41.6 Å². The van der Waals surface area contributed by atoms with Crippen molar-refractivity contribution < 1.29 is 4.39 Å². The first-order chi connectivity index (χ1) is 17.2. The van der Waals surface area contributed by atoms with Crippen LogP contribution in [0.5, 0.6) is 0 Å². The molecule has 8 nitrogen and oxygen atoms in total. The summed E-state index contributed by atoms with van der Waals surface area (Å²) in [6, 6.07) is 10.6. The third kappa shape index (κ3) is 3.81. The van der Waals surface area contributed by atoms with Gasteiger partial charge in [0.25, 0.3) is 0 Å². The number of H-pyrrole nitrogens is 1. The van der Waals surface area contributed by atoms with Gasteiger partial charge in [0.1, 0.15) is 5.82 Å². The first-order valence-corrected chi connectivity index (χ1v) is 12.2. The zero-order valence-corrected chi connectivity index (χ0v) is 19.1. The van der Waals surface area contributed by atoms with E-state index in [9.17, 15) is 4.39 Å². The average Bonchev–Trinajstić information content (AvgIpc) is 3.50. The molecule has 5 aromatic rings. The number of benzene rings is 1. The summed E-state index contributed by atoms with van der Waals surface area (Å²) in [5.74, 6) is 0.632. The number of halogens is 1. The second-order valence-corrected chi connectivity index (χ2v) is 9.53. The second kappa shape index (κ2) is 8.13. The molecule has 35 heavy (non-hydrogen) atoms. The fraction of sp³-hybridized carbons (Fsp3) is 0.308. The normalized spacial score (nSPS) is 17.7. The van der Waals surface area contributed by atoms with Crippen LogP contribution >= 0.6 is 0 Å². The third-order valence-corrected chi connectivity index (χ3v) is 6.99. The van der Waals surface area contributed by atoms with Crippen molar-refractivity contribution in [1.82, 2.24) is 34.9 Å². The molecule has 0 amide bonds. The molecule has 0 saturated heterocycles. The Labute approximate surface area is 201 Å². The summed E-state index contributed by atoms with van der Waals surface area (Å²) < 4.78 is 15.7. The second-order valence-electron chi connectivity index (χ2n) is 9.53. The van der Waals surface area contributed by atoms with E-state index in [4.69, 9.17) is 9.97 Å². The number of nitrogens with zero attached hydrogens (tertiary/aromatic N) is 5. The lowest BCUT2D eigenvalue weighted by atomic mass is 9.91. The van der Waals surface area contributed by atoms with Gasteiger partial charge in [-0.15, -0.1) is 0 Å². The minimum Gasteiger partial charge on any atom is -0.358 e. The molecule has 1 fully saturated rings. The molecule has 9 heteroatoms. The van der Waals surface area contributed by atoms with E-state index in [1.165, 1.54) is 47.3 Å². The van der Waals surface area contributed by atoms with Crippen LogP contribution in [0, 0.1) is 5.82 Å². The monoisotopic (exact) mass is 468 g/mol. The number of para-hydroxylation sites is 1. The van der Waals surface area contributed by atoms with Crippen LogP contribution < -0.4 is 10.6 Å². The molecule has 1 unspecified atom stereocenters. The maximum atomic E-state index is 13.9. The van der Waals surface area contributed by atoms with Crippen molar-refractivity contribution in [2.24, 2.45) is 0 Å². The van der Waals surface area contributed by atoms with E-state index >= 15 is 0 Å². The van der Waals surface area contributed by atoms with Gasteiger partial charge in [0, 0.05) is 52.5 Å². The predicted octanol–water partition coefficient (Wildman–Crippen LogP) is 4.03. The van der Waals surface area contributed by atoms with Gasteiger partial charge in [-0.3, -0.25) is 4.98 Å². The molecule has 4 heterocycles. The quantitative estimate of drug-likeness (QED) is 0.348. The molecule has 4 aromatic heterocycles. The van der Waals surface area contributed by atoms with Gasteiger partial charge in [-0.25, -0.2) is 9.37 Å². The summed E-state index contributed by atoms with van der Waals surface area (Å²) in [5.41, 5.74) is 6.12. The van der Waals surface area contributed by atoms with Gasteiger partial charge >= 0.3 is 0 Å². The van der Waals surface area contributed by atoms with Gasteiger partial charge < -0.3 is 15.6 Å². The molecule has 2 aliphatic carbocycles. The molecule has 1 aromatic carbocycles. The molecular weight excluding hydrogens is 443 g/mol. The van der Waals surface area contributed by atoms with E-state index in [2.05, 4.69) is 50.0 Å². The summed E-state index contributed by atoms with van der Waals surface area (Å²) in [6.07, 6.45) is 9.86. The van der Waals surface area contributed by atoms with Crippen LogP contribution in [0.3, 0.4) is 0 Å². The SMILES string of the molecule is Fc1cncc(-c2nc(NC3CCc4[nH]c5ccccc5c4C3)n3ncc(CNC4CC4)c3n2)c1. The first-order valence-electron chi connectivity index (χ1n) is 12.2. The minimum absolute atomic E-state index is 0.190. The molecule has 0 radical (unpaired) electrons. The third-order valence-electron chi connectivity index (χ3n) is 6.99. The van der Waals surface area contributed by atoms with E-state index in [0.29, 0.717) is 29.9 Å². The highest BCUT2D eigenvalue weighted by atomic mass is 19.1. The number of aromatic nitrogens is 6. The minimum atomic E-state index is -0.413. The number of pyridine rings is 1. The number of anilines is 1. The number of rotatable bonds is 6. The Morgan fingerprint density at radius 3 is 2.86 bits per heavy atom. The smallest absolute Gasteiger partial charge is 0.228 e. The van der Waals surface area contributed by atoms with Crippen LogP contribution in [0.1, 0.15) is 36.1 Å². The zero-order valence-electron chi connectivity index (χ0n) is 19.1. The number of aryl methyl sites for hydroxylation is 1. The van der Waals surface area contributed by atoms with Crippen molar-refractivity contribution in [3.05, 3.63) is 71.6 Å². The van der Waals surface area contributed by atoms with Crippen molar-refractivity contribution in [3.63, 3.8) is 0 Å². The van der Waals surface area contributed by atoms with E-state index in [-0.39, 0.29) is 6.04 Å². The number of hydrogen-bond acceptors (Lipinski definition) is 6. The molecule has 2 aliphatic rings. The van der Waals surface area contributed by atoms with Crippen molar-refractivity contribution in [3.8, 4) is 11.4 Å². The Morgan fingerprint density at radius 1 is 1.06 bits per heavy atom. The Hall–Kier alpha value is -3.85. The molecule has 7 rings (SSSR count). The van der Waals surface area contributed by atoms with Crippen LogP contribution in [0.15, 0.2) is 48.9 Å². The highest BCUT2D eigenvalue weighted by Crippen LogP contribution is 2.31. The average molecular weight is 469 g/mol. The van der Waals surface area contributed by atoms with Crippen molar-refractivity contribution in [1.29, 1.82) is 0 Å².